The summed E-state index contributed by atoms with van der Waals surface area (Å²) >= 11 is 0. The molecular formula is C15H14F4N4O. The Morgan fingerprint density at radius 3 is 2.62 bits per heavy atom. The molecule has 1 aromatic rings. The molecule has 0 bridgehead atoms. The first kappa shape index (κ1) is 17.9. The van der Waals surface area contributed by atoms with Gasteiger partial charge in [-0.3, -0.25) is 9.91 Å². The van der Waals surface area contributed by atoms with Crippen LogP contribution in [0.25, 0.3) is 0 Å². The lowest BCUT2D eigenvalue weighted by atomic mass is 10.2. The van der Waals surface area contributed by atoms with E-state index in [1.807, 2.05) is 0 Å². The molecule has 24 heavy (non-hydrogen) atoms. The van der Waals surface area contributed by atoms with Crippen molar-refractivity contribution in [1.82, 2.24) is 10.3 Å². The second-order valence-corrected chi connectivity index (χ2v) is 5.24. The van der Waals surface area contributed by atoms with E-state index in [-0.39, 0.29) is 23.7 Å². The van der Waals surface area contributed by atoms with Crippen molar-refractivity contribution in [1.29, 1.82) is 5.26 Å². The van der Waals surface area contributed by atoms with E-state index in [4.69, 9.17) is 16.4 Å². The van der Waals surface area contributed by atoms with Gasteiger partial charge in [-0.15, -0.1) is 6.42 Å². The summed E-state index contributed by atoms with van der Waals surface area (Å²) in [6.45, 7) is 1.34. The average Bonchev–Trinajstić information content (AvgIpc) is 2.90. The molecule has 9 heteroatoms. The number of halogens is 4. The Morgan fingerprint density at radius 2 is 2.12 bits per heavy atom. The minimum absolute atomic E-state index is 0.000684. The van der Waals surface area contributed by atoms with Crippen LogP contribution >= 0.6 is 0 Å². The number of nitrogens with one attached hydrogen (secondary N) is 1. The molecule has 2 unspecified atom stereocenters. The zero-order chi connectivity index (χ0) is 18.1. The fraction of sp³-hybridized carbons (Fsp3) is 0.400. The molecule has 0 saturated carbocycles. The number of terminal acetylenes is 1. The molecule has 2 atom stereocenters. The van der Waals surface area contributed by atoms with Crippen LogP contribution < -0.4 is 15.2 Å². The Labute approximate surface area is 136 Å². The highest BCUT2D eigenvalue weighted by Gasteiger charge is 2.47. The summed E-state index contributed by atoms with van der Waals surface area (Å²) in [5.41, 5.74) is 1.91. The first-order valence-corrected chi connectivity index (χ1v) is 6.84. The predicted molar refractivity (Wildman–Crippen MR) is 78.1 cm³/mol. The maximum atomic E-state index is 14.2. The number of anilines is 1. The summed E-state index contributed by atoms with van der Waals surface area (Å²) in [6.07, 6.45) is -1.96. The number of benzene rings is 1. The van der Waals surface area contributed by atoms with Gasteiger partial charge >= 0.3 is 6.18 Å². The first-order chi connectivity index (χ1) is 11.2. The summed E-state index contributed by atoms with van der Waals surface area (Å²) < 4.78 is 58.3. The van der Waals surface area contributed by atoms with Crippen molar-refractivity contribution < 1.29 is 22.3 Å². The zero-order valence-electron chi connectivity index (χ0n) is 12.9. The molecule has 1 heterocycles. The highest BCUT2D eigenvalue weighted by atomic mass is 19.4. The maximum absolute atomic E-state index is 14.2. The van der Waals surface area contributed by atoms with Crippen molar-refractivity contribution >= 4 is 5.69 Å². The van der Waals surface area contributed by atoms with Crippen LogP contribution in [0.2, 0.25) is 0 Å². The van der Waals surface area contributed by atoms with E-state index >= 15 is 0 Å². The van der Waals surface area contributed by atoms with Crippen molar-refractivity contribution in [3.05, 3.63) is 23.5 Å². The third kappa shape index (κ3) is 3.53. The molecule has 1 fully saturated rings. The van der Waals surface area contributed by atoms with Gasteiger partial charge in [0.25, 0.3) is 0 Å². The molecule has 1 aliphatic rings. The van der Waals surface area contributed by atoms with Crippen molar-refractivity contribution in [3.63, 3.8) is 0 Å². The normalized spacial score (nSPS) is 19.7. The van der Waals surface area contributed by atoms with Crippen molar-refractivity contribution in [2.75, 3.05) is 18.7 Å². The summed E-state index contributed by atoms with van der Waals surface area (Å²) in [7, 11) is 1.25. The lowest BCUT2D eigenvalue weighted by Crippen LogP contribution is -2.48. The minimum Gasteiger partial charge on any atom is -0.477 e. The number of hydrazine groups is 1. The SMILES string of the molecule is C#CC(C)Oc1cc(N2CN(C)C(C(F)(F)F)N2)c(F)cc1C#N. The molecule has 128 valence electrons. The predicted octanol–water partition coefficient (Wildman–Crippen LogP) is 2.20. The molecule has 1 aromatic carbocycles. The summed E-state index contributed by atoms with van der Waals surface area (Å²) in [6, 6.07) is 3.82. The van der Waals surface area contributed by atoms with Gasteiger partial charge in [0.1, 0.15) is 17.6 Å². The van der Waals surface area contributed by atoms with Crippen LogP contribution in [0.15, 0.2) is 12.1 Å². The van der Waals surface area contributed by atoms with Crippen LogP contribution in [0, 0.1) is 29.5 Å². The Hall–Kier alpha value is -2.49. The number of ether oxygens (including phenoxy) is 1. The standard InChI is InChI=1S/C15H14F4N4O/c1-4-9(2)24-13-6-12(11(16)5-10(13)7-20)23-8-22(3)14(21-23)15(17,18)19/h1,5-6,9,14,21H,8H2,2-3H3. The van der Waals surface area contributed by atoms with Crippen LogP contribution in [0.4, 0.5) is 23.2 Å². The van der Waals surface area contributed by atoms with E-state index in [9.17, 15) is 17.6 Å². The number of rotatable bonds is 3. The summed E-state index contributed by atoms with van der Waals surface area (Å²) in [4.78, 5) is 0.974. The van der Waals surface area contributed by atoms with Crippen LogP contribution in [0.1, 0.15) is 12.5 Å². The molecule has 2 rings (SSSR count). The molecule has 0 spiro atoms. The number of nitrogens with zero attached hydrogens (tertiary/aromatic N) is 3. The number of alkyl halides is 3. The van der Waals surface area contributed by atoms with Gasteiger partial charge in [-0.2, -0.15) is 18.4 Å². The Bertz CT molecular complexity index is 707. The quantitative estimate of drug-likeness (QED) is 0.674. The molecule has 5 nitrogen and oxygen atoms in total. The molecule has 0 aromatic heterocycles. The zero-order valence-corrected chi connectivity index (χ0v) is 12.9. The van der Waals surface area contributed by atoms with Gasteiger partial charge in [0.2, 0.25) is 0 Å². The van der Waals surface area contributed by atoms with Gasteiger partial charge in [0, 0.05) is 6.07 Å². The van der Waals surface area contributed by atoms with Crippen LogP contribution in [0.5, 0.6) is 5.75 Å². The molecule has 1 saturated heterocycles. The van der Waals surface area contributed by atoms with Crippen molar-refractivity contribution in [2.24, 2.45) is 0 Å². The Morgan fingerprint density at radius 1 is 1.46 bits per heavy atom. The van der Waals surface area contributed by atoms with Crippen LogP contribution in [-0.4, -0.2) is 37.1 Å². The second kappa shape index (κ2) is 6.56. The largest absolute Gasteiger partial charge is 0.477 e. The van der Waals surface area contributed by atoms with E-state index < -0.39 is 24.3 Å². The van der Waals surface area contributed by atoms with E-state index in [1.54, 1.807) is 13.0 Å². The van der Waals surface area contributed by atoms with Crippen molar-refractivity contribution in [2.45, 2.75) is 25.4 Å². The fourth-order valence-corrected chi connectivity index (χ4v) is 2.22. The average molecular weight is 342 g/mol. The molecular weight excluding hydrogens is 328 g/mol. The fourth-order valence-electron chi connectivity index (χ4n) is 2.22. The monoisotopic (exact) mass is 342 g/mol. The topological polar surface area (TPSA) is 51.5 Å². The summed E-state index contributed by atoms with van der Waals surface area (Å²) in [5.74, 6) is 1.44. The van der Waals surface area contributed by atoms with Gasteiger partial charge in [0.05, 0.1) is 17.9 Å². The first-order valence-electron chi connectivity index (χ1n) is 6.84. The highest BCUT2D eigenvalue weighted by molar-refractivity contribution is 5.58. The van der Waals surface area contributed by atoms with E-state index in [0.29, 0.717) is 0 Å². The van der Waals surface area contributed by atoms with E-state index in [0.717, 1.165) is 22.0 Å². The van der Waals surface area contributed by atoms with E-state index in [1.165, 1.54) is 7.05 Å². The smallest absolute Gasteiger partial charge is 0.418 e. The van der Waals surface area contributed by atoms with E-state index in [2.05, 4.69) is 11.3 Å². The summed E-state index contributed by atoms with van der Waals surface area (Å²) in [5, 5.41) is 10.0. The van der Waals surface area contributed by atoms with Gasteiger partial charge in [0.15, 0.2) is 12.3 Å². The van der Waals surface area contributed by atoms with Crippen LogP contribution in [0.3, 0.4) is 0 Å². The number of nitriles is 1. The minimum atomic E-state index is -4.52. The lowest BCUT2D eigenvalue weighted by Gasteiger charge is -2.22. The number of hydrogen-bond acceptors (Lipinski definition) is 5. The highest BCUT2D eigenvalue weighted by Crippen LogP contribution is 2.33. The molecule has 1 aliphatic heterocycles. The lowest BCUT2D eigenvalue weighted by molar-refractivity contribution is -0.178. The Balaban J connectivity index is 2.36. The third-order valence-electron chi connectivity index (χ3n) is 3.39. The van der Waals surface area contributed by atoms with Crippen molar-refractivity contribution in [3.8, 4) is 24.2 Å². The maximum Gasteiger partial charge on any atom is 0.418 e. The molecule has 0 amide bonds. The number of hydrogen-bond donors (Lipinski definition) is 1. The van der Waals surface area contributed by atoms with Gasteiger partial charge in [-0.25, -0.2) is 9.82 Å². The van der Waals surface area contributed by atoms with Gasteiger partial charge < -0.3 is 4.74 Å². The third-order valence-corrected chi connectivity index (χ3v) is 3.39. The molecule has 0 aliphatic carbocycles. The van der Waals surface area contributed by atoms with Crippen LogP contribution in [-0.2, 0) is 0 Å². The van der Waals surface area contributed by atoms with Gasteiger partial charge in [-0.1, -0.05) is 5.92 Å². The second-order valence-electron chi connectivity index (χ2n) is 5.24. The Kier molecular flexibility index (Phi) is 4.88. The molecule has 0 radical (unpaired) electrons. The van der Waals surface area contributed by atoms with Gasteiger partial charge in [-0.05, 0) is 20.0 Å². The molecule has 1 N–H and O–H groups in total.